The van der Waals surface area contributed by atoms with E-state index in [0.717, 1.165) is 0 Å². The summed E-state index contributed by atoms with van der Waals surface area (Å²) in [5, 5.41) is 13.3. The molecule has 0 bridgehead atoms. The van der Waals surface area contributed by atoms with Gasteiger partial charge in [0.25, 0.3) is 0 Å². The first kappa shape index (κ1) is 23.2. The van der Waals surface area contributed by atoms with Gasteiger partial charge in [-0.05, 0) is 12.1 Å². The lowest BCUT2D eigenvalue weighted by molar-refractivity contribution is -0.119. The number of nitrogens with zero attached hydrogens (tertiary/aromatic N) is 2. The Morgan fingerprint density at radius 1 is 0.774 bits per heavy atom. The van der Waals surface area contributed by atoms with Crippen molar-refractivity contribution < 1.29 is 18.4 Å². The van der Waals surface area contributed by atoms with Crippen molar-refractivity contribution >= 4 is 46.7 Å². The third-order valence-corrected chi connectivity index (χ3v) is 7.10. The van der Waals surface area contributed by atoms with Crippen molar-refractivity contribution in [3.05, 3.63) is 71.3 Å². The lowest BCUT2D eigenvalue weighted by Crippen LogP contribution is -2.25. The maximum Gasteiger partial charge on any atom is 0.230 e. The summed E-state index contributed by atoms with van der Waals surface area (Å²) in [5.74, 6) is -0.970. The molecule has 0 radical (unpaired) electrons. The van der Waals surface area contributed by atoms with Gasteiger partial charge in [0.05, 0.1) is 11.5 Å². The highest BCUT2D eigenvalue weighted by molar-refractivity contribution is 8.03. The van der Waals surface area contributed by atoms with Crippen molar-refractivity contribution in [2.24, 2.45) is 0 Å². The average Bonchev–Trinajstić information content (AvgIpc) is 3.23. The van der Waals surface area contributed by atoms with Crippen molar-refractivity contribution in [3.63, 3.8) is 0 Å². The molecule has 1 aromatic heterocycles. The monoisotopic (exact) mass is 480 g/mol. The topological polar surface area (TPSA) is 84.0 Å². The first-order valence-electron chi connectivity index (χ1n) is 9.10. The zero-order valence-electron chi connectivity index (χ0n) is 16.1. The Morgan fingerprint density at radius 2 is 1.19 bits per heavy atom. The highest BCUT2D eigenvalue weighted by Gasteiger charge is 2.11. The number of thioether (sulfide) groups is 2. The summed E-state index contributed by atoms with van der Waals surface area (Å²) in [6.07, 6.45) is 0. The third kappa shape index (κ3) is 7.60. The first-order chi connectivity index (χ1) is 15.0. The third-order valence-electron chi connectivity index (χ3n) is 3.91. The molecule has 0 saturated heterocycles. The highest BCUT2D eigenvalue weighted by atomic mass is 32.2. The Labute approximate surface area is 190 Å². The lowest BCUT2D eigenvalue weighted by atomic mass is 10.2. The van der Waals surface area contributed by atoms with E-state index in [2.05, 4.69) is 20.8 Å². The van der Waals surface area contributed by atoms with Gasteiger partial charge < -0.3 is 10.6 Å². The fourth-order valence-electron chi connectivity index (χ4n) is 2.34. The molecule has 0 aliphatic rings. The fourth-order valence-corrected chi connectivity index (χ4v) is 5.02. The molecule has 6 nitrogen and oxygen atoms in total. The predicted molar refractivity (Wildman–Crippen MR) is 118 cm³/mol. The van der Waals surface area contributed by atoms with E-state index in [0.29, 0.717) is 19.8 Å². The molecule has 0 unspecified atom stereocenters. The Morgan fingerprint density at radius 3 is 1.61 bits per heavy atom. The number of halogens is 2. The van der Waals surface area contributed by atoms with Crippen LogP contribution in [-0.2, 0) is 22.7 Å². The van der Waals surface area contributed by atoms with Crippen LogP contribution in [0.3, 0.4) is 0 Å². The highest BCUT2D eigenvalue weighted by Crippen LogP contribution is 2.28. The molecular weight excluding hydrogens is 462 g/mol. The van der Waals surface area contributed by atoms with Gasteiger partial charge in [-0.3, -0.25) is 9.59 Å². The summed E-state index contributed by atoms with van der Waals surface area (Å²) < 4.78 is 28.3. The maximum absolute atomic E-state index is 13.6. The van der Waals surface area contributed by atoms with E-state index in [4.69, 9.17) is 0 Å². The number of carbonyl (C=O) groups excluding carboxylic acids is 2. The van der Waals surface area contributed by atoms with E-state index < -0.39 is 0 Å². The Kier molecular flexibility index (Phi) is 8.80. The molecule has 2 N–H and O–H groups in total. The number of amides is 2. The van der Waals surface area contributed by atoms with Crippen LogP contribution in [0, 0.1) is 11.6 Å². The summed E-state index contributed by atoms with van der Waals surface area (Å²) in [5.41, 5.74) is 0.840. The van der Waals surface area contributed by atoms with E-state index in [1.807, 2.05) is 0 Å². The summed E-state index contributed by atoms with van der Waals surface area (Å²) in [6.45, 7) is 0.233. The van der Waals surface area contributed by atoms with Crippen LogP contribution < -0.4 is 10.6 Å². The fraction of sp³-hybridized carbons (Fsp3) is 0.200. The number of rotatable bonds is 10. The van der Waals surface area contributed by atoms with Crippen LogP contribution in [-0.4, -0.2) is 33.5 Å². The second-order valence-corrected chi connectivity index (χ2v) is 9.57. The molecule has 0 saturated carbocycles. The molecule has 0 aliphatic heterocycles. The van der Waals surface area contributed by atoms with Crippen LogP contribution in [0.1, 0.15) is 11.1 Å². The maximum atomic E-state index is 13.6. The standard InChI is InChI=1S/C20H18F2N4O2S3/c21-15-7-3-1-5-13(15)9-23-17(27)11-29-19-25-26-20(31-19)30-12-18(28)24-10-14-6-2-4-8-16(14)22/h1-8H,9-12H2,(H,23,27)(H,24,28). The van der Waals surface area contributed by atoms with Crippen LogP contribution in [0.4, 0.5) is 8.78 Å². The molecule has 11 heteroatoms. The molecule has 3 rings (SSSR count). The molecule has 3 aromatic rings. The summed E-state index contributed by atoms with van der Waals surface area (Å²) in [4.78, 5) is 23.9. The van der Waals surface area contributed by atoms with Crippen molar-refractivity contribution in [2.45, 2.75) is 21.8 Å². The molecular formula is C20H18F2N4O2S3. The number of nitrogens with one attached hydrogen (secondary N) is 2. The number of aromatic nitrogens is 2. The van der Waals surface area contributed by atoms with Gasteiger partial charge in [-0.2, -0.15) is 0 Å². The molecule has 31 heavy (non-hydrogen) atoms. The van der Waals surface area contributed by atoms with E-state index in [-0.39, 0.29) is 48.0 Å². The van der Waals surface area contributed by atoms with Gasteiger partial charge in [-0.25, -0.2) is 8.78 Å². The van der Waals surface area contributed by atoms with E-state index >= 15 is 0 Å². The van der Waals surface area contributed by atoms with Crippen molar-refractivity contribution in [2.75, 3.05) is 11.5 Å². The van der Waals surface area contributed by atoms with Gasteiger partial charge >= 0.3 is 0 Å². The summed E-state index contributed by atoms with van der Waals surface area (Å²) in [7, 11) is 0. The Bertz CT molecular complexity index is 969. The Hall–Kier alpha value is -2.50. The smallest absolute Gasteiger partial charge is 0.230 e. The van der Waals surface area contributed by atoms with Gasteiger partial charge in [-0.15, -0.1) is 10.2 Å². The van der Waals surface area contributed by atoms with Crippen LogP contribution in [0.5, 0.6) is 0 Å². The first-order valence-corrected chi connectivity index (χ1v) is 11.9. The normalized spacial score (nSPS) is 10.6. The minimum atomic E-state index is -0.362. The van der Waals surface area contributed by atoms with Crippen LogP contribution in [0.15, 0.2) is 57.2 Å². The zero-order valence-corrected chi connectivity index (χ0v) is 18.6. The second-order valence-electron chi connectivity index (χ2n) is 6.15. The molecule has 1 heterocycles. The van der Waals surface area contributed by atoms with Crippen LogP contribution >= 0.6 is 34.9 Å². The SMILES string of the molecule is O=C(CSc1nnc(SCC(=O)NCc2ccccc2F)s1)NCc1ccccc1F. The number of hydrogen-bond acceptors (Lipinski definition) is 7. The van der Waals surface area contributed by atoms with E-state index in [1.54, 1.807) is 36.4 Å². The van der Waals surface area contributed by atoms with Crippen molar-refractivity contribution in [1.29, 1.82) is 0 Å². The van der Waals surface area contributed by atoms with Gasteiger partial charge in [-0.1, -0.05) is 71.3 Å². The zero-order chi connectivity index (χ0) is 22.1. The molecule has 0 fully saturated rings. The van der Waals surface area contributed by atoms with Gasteiger partial charge in [0.1, 0.15) is 11.6 Å². The number of carbonyl (C=O) groups is 2. The quantitative estimate of drug-likeness (QED) is 0.431. The number of hydrogen-bond donors (Lipinski definition) is 2. The van der Waals surface area contributed by atoms with Crippen LogP contribution in [0.25, 0.3) is 0 Å². The largest absolute Gasteiger partial charge is 0.351 e. The molecule has 162 valence electrons. The molecule has 0 atom stereocenters. The average molecular weight is 481 g/mol. The van der Waals surface area contributed by atoms with Gasteiger partial charge in [0.2, 0.25) is 11.8 Å². The molecule has 0 aliphatic carbocycles. The summed E-state index contributed by atoms with van der Waals surface area (Å²) >= 11 is 3.71. The minimum absolute atomic E-state index is 0.116. The van der Waals surface area contributed by atoms with Gasteiger partial charge in [0, 0.05) is 24.2 Å². The molecule has 2 amide bonds. The second kappa shape index (κ2) is 11.8. The van der Waals surface area contributed by atoms with Gasteiger partial charge in [0.15, 0.2) is 8.68 Å². The van der Waals surface area contributed by atoms with Crippen molar-refractivity contribution in [3.8, 4) is 0 Å². The number of benzene rings is 2. The Balaban J connectivity index is 1.36. The molecule has 2 aromatic carbocycles. The van der Waals surface area contributed by atoms with E-state index in [1.165, 1.54) is 47.0 Å². The van der Waals surface area contributed by atoms with Crippen LogP contribution in [0.2, 0.25) is 0 Å². The summed E-state index contributed by atoms with van der Waals surface area (Å²) in [6, 6.07) is 12.5. The van der Waals surface area contributed by atoms with Crippen molar-refractivity contribution in [1.82, 2.24) is 20.8 Å². The minimum Gasteiger partial charge on any atom is -0.351 e. The lowest BCUT2D eigenvalue weighted by Gasteiger charge is -2.05. The predicted octanol–water partition coefficient (Wildman–Crippen LogP) is 3.63. The molecule has 0 spiro atoms. The van der Waals surface area contributed by atoms with E-state index in [9.17, 15) is 18.4 Å².